The first-order valence-corrected chi connectivity index (χ1v) is 14.5. The molecule has 3 aromatic rings. The summed E-state index contributed by atoms with van der Waals surface area (Å²) >= 11 is 6.24. The van der Waals surface area contributed by atoms with Crippen LogP contribution in [0, 0.1) is 30.1 Å². The molecule has 1 aromatic heterocycles. The Bertz CT molecular complexity index is 1450. The van der Waals surface area contributed by atoms with Crippen LogP contribution >= 0.6 is 11.6 Å². The largest absolute Gasteiger partial charge is 0.497 e. The SMILES string of the molecule is COc1ccc(Cn2c(C)cc3c(c2=O)[C@@H](c2ccc(Cl)cc2)[C@H](C(=O)C24CC5CC(CC(C5)C2)C4)O3)cc1. The molecule has 2 aromatic carbocycles. The number of ether oxygens (including phenoxy) is 2. The average Bonchev–Trinajstić information content (AvgIpc) is 3.30. The topological polar surface area (TPSA) is 57.5 Å². The number of carbonyl (C=O) groups is 1. The van der Waals surface area contributed by atoms with Crippen LogP contribution < -0.4 is 15.0 Å². The Kier molecular flexibility index (Phi) is 5.93. The molecule has 4 bridgehead atoms. The van der Waals surface area contributed by atoms with Crippen molar-refractivity contribution in [2.75, 3.05) is 7.11 Å². The van der Waals surface area contributed by atoms with Crippen molar-refractivity contribution in [3.05, 3.63) is 92.4 Å². The number of nitrogens with zero attached hydrogens (tertiary/aromatic N) is 1. The van der Waals surface area contributed by atoms with Crippen molar-refractivity contribution in [1.82, 2.24) is 4.57 Å². The Labute approximate surface area is 234 Å². The highest BCUT2D eigenvalue weighted by atomic mass is 35.5. The van der Waals surface area contributed by atoms with E-state index in [4.69, 9.17) is 21.1 Å². The normalized spacial score (nSPS) is 30.2. The van der Waals surface area contributed by atoms with Crippen molar-refractivity contribution in [2.45, 2.75) is 64.0 Å². The van der Waals surface area contributed by atoms with E-state index in [1.165, 1.54) is 19.3 Å². The molecule has 2 heterocycles. The fourth-order valence-corrected chi connectivity index (χ4v) is 8.66. The Morgan fingerprint density at radius 2 is 1.62 bits per heavy atom. The van der Waals surface area contributed by atoms with Gasteiger partial charge in [-0.05, 0) is 98.6 Å². The molecule has 0 saturated heterocycles. The van der Waals surface area contributed by atoms with E-state index in [9.17, 15) is 9.59 Å². The molecule has 4 aliphatic carbocycles. The van der Waals surface area contributed by atoms with Crippen LogP contribution in [0.3, 0.4) is 0 Å². The van der Waals surface area contributed by atoms with Gasteiger partial charge in [0, 0.05) is 22.2 Å². The van der Waals surface area contributed by atoms with Gasteiger partial charge in [0.2, 0.25) is 0 Å². The average molecular weight is 544 g/mol. The standard InChI is InChI=1S/C33H34ClNO4/c1-19-11-27-29(32(37)35(19)18-20-3-9-26(38-2)10-4-20)28(24-5-7-25(34)8-6-24)30(39-27)31(36)33-15-21-12-22(16-33)14-23(13-21)17-33/h3-11,21-23,28,30H,12-18H2,1-2H3/t21?,22?,23?,28-,30-,33?/m1/s1. The molecule has 0 spiro atoms. The Morgan fingerprint density at radius 3 is 2.21 bits per heavy atom. The molecule has 0 radical (unpaired) electrons. The second-order valence-electron chi connectivity index (χ2n) is 12.4. The van der Waals surface area contributed by atoms with E-state index in [-0.39, 0.29) is 16.8 Å². The van der Waals surface area contributed by atoms with Gasteiger partial charge in [0.1, 0.15) is 11.5 Å². The van der Waals surface area contributed by atoms with Gasteiger partial charge in [-0.1, -0.05) is 35.9 Å². The maximum atomic E-state index is 14.6. The first kappa shape index (κ1) is 25.0. The Hall–Kier alpha value is -3.05. The number of rotatable bonds is 6. The van der Waals surface area contributed by atoms with Crippen molar-refractivity contribution in [1.29, 1.82) is 0 Å². The zero-order valence-electron chi connectivity index (χ0n) is 22.5. The van der Waals surface area contributed by atoms with Crippen molar-refractivity contribution in [2.24, 2.45) is 23.2 Å². The van der Waals surface area contributed by atoms with Crippen LogP contribution in [0.5, 0.6) is 11.5 Å². The van der Waals surface area contributed by atoms with Crippen LogP contribution in [0.2, 0.25) is 5.02 Å². The molecule has 5 aliphatic rings. The maximum absolute atomic E-state index is 14.6. The van der Waals surface area contributed by atoms with Crippen molar-refractivity contribution in [3.63, 3.8) is 0 Å². The minimum Gasteiger partial charge on any atom is -0.497 e. The van der Waals surface area contributed by atoms with E-state index >= 15 is 0 Å². The van der Waals surface area contributed by atoms with Gasteiger partial charge < -0.3 is 14.0 Å². The van der Waals surface area contributed by atoms with Gasteiger partial charge in [-0.25, -0.2) is 0 Å². The van der Waals surface area contributed by atoms with Gasteiger partial charge in [0.05, 0.1) is 25.1 Å². The molecule has 202 valence electrons. The third-order valence-corrected chi connectivity index (χ3v) is 10.2. The number of carbonyl (C=O) groups excluding carboxylic acids is 1. The summed E-state index contributed by atoms with van der Waals surface area (Å²) in [5.41, 5.74) is 2.89. The highest BCUT2D eigenvalue weighted by molar-refractivity contribution is 6.30. The quantitative estimate of drug-likeness (QED) is 0.354. The van der Waals surface area contributed by atoms with Gasteiger partial charge in [0.15, 0.2) is 11.9 Å². The highest BCUT2D eigenvalue weighted by Gasteiger charge is 2.58. The molecular formula is C33H34ClNO4. The van der Waals surface area contributed by atoms with Gasteiger partial charge in [-0.3, -0.25) is 9.59 Å². The fourth-order valence-electron chi connectivity index (χ4n) is 8.54. The second kappa shape index (κ2) is 9.26. The molecule has 4 saturated carbocycles. The lowest BCUT2D eigenvalue weighted by Crippen LogP contribution is -2.54. The summed E-state index contributed by atoms with van der Waals surface area (Å²) in [6.07, 6.45) is 6.05. The molecule has 6 heteroatoms. The summed E-state index contributed by atoms with van der Waals surface area (Å²) in [5, 5.41) is 0.627. The first-order chi connectivity index (χ1) is 18.8. The molecule has 0 unspecified atom stereocenters. The number of ketones is 1. The molecule has 39 heavy (non-hydrogen) atoms. The van der Waals surface area contributed by atoms with Crippen molar-refractivity contribution in [3.8, 4) is 11.5 Å². The third-order valence-electron chi connectivity index (χ3n) is 9.92. The minimum absolute atomic E-state index is 0.0958. The molecule has 5 nitrogen and oxygen atoms in total. The van der Waals surface area contributed by atoms with E-state index < -0.39 is 12.0 Å². The summed E-state index contributed by atoms with van der Waals surface area (Å²) in [7, 11) is 1.64. The number of aryl methyl sites for hydroxylation is 1. The number of hydrogen-bond donors (Lipinski definition) is 0. The third kappa shape index (κ3) is 4.12. The summed E-state index contributed by atoms with van der Waals surface area (Å²) < 4.78 is 13.6. The minimum atomic E-state index is -0.693. The lowest BCUT2D eigenvalue weighted by Gasteiger charge is -2.56. The van der Waals surface area contributed by atoms with E-state index in [1.807, 2.05) is 61.5 Å². The smallest absolute Gasteiger partial charge is 0.258 e. The predicted molar refractivity (Wildman–Crippen MR) is 151 cm³/mol. The second-order valence-corrected chi connectivity index (χ2v) is 12.9. The van der Waals surface area contributed by atoms with E-state index in [0.717, 1.165) is 41.8 Å². The van der Waals surface area contributed by atoms with Crippen molar-refractivity contribution < 1.29 is 14.3 Å². The summed E-state index contributed by atoms with van der Waals surface area (Å²) in [6.45, 7) is 2.36. The van der Waals surface area contributed by atoms with E-state index in [2.05, 4.69) is 0 Å². The lowest BCUT2D eigenvalue weighted by molar-refractivity contribution is -0.151. The molecule has 0 N–H and O–H groups in total. The molecule has 4 fully saturated rings. The predicted octanol–water partition coefficient (Wildman–Crippen LogP) is 6.55. The zero-order valence-corrected chi connectivity index (χ0v) is 23.2. The lowest BCUT2D eigenvalue weighted by atomic mass is 9.48. The number of hydrogen-bond acceptors (Lipinski definition) is 4. The molecule has 0 amide bonds. The Balaban J connectivity index is 1.30. The van der Waals surface area contributed by atoms with Crippen LogP contribution in [-0.2, 0) is 11.3 Å². The van der Waals surface area contributed by atoms with Crippen molar-refractivity contribution >= 4 is 17.4 Å². The number of benzene rings is 2. The number of halogens is 1. The highest BCUT2D eigenvalue weighted by Crippen LogP contribution is 2.61. The molecular weight excluding hydrogens is 510 g/mol. The van der Waals surface area contributed by atoms with Gasteiger partial charge in [-0.2, -0.15) is 0 Å². The van der Waals surface area contributed by atoms with Gasteiger partial charge >= 0.3 is 0 Å². The fraction of sp³-hybridized carbons (Fsp3) is 0.455. The van der Waals surface area contributed by atoms with E-state index in [1.54, 1.807) is 11.7 Å². The number of Topliss-reactive ketones (excluding diaryl/α,β-unsaturated/α-hetero) is 1. The van der Waals surface area contributed by atoms with E-state index in [0.29, 0.717) is 40.6 Å². The molecule has 8 rings (SSSR count). The van der Waals surface area contributed by atoms with Crippen LogP contribution in [0.15, 0.2) is 59.4 Å². The van der Waals surface area contributed by atoms with Crippen LogP contribution in [0.1, 0.15) is 66.8 Å². The number of aromatic nitrogens is 1. The number of fused-ring (bicyclic) bond motifs is 1. The van der Waals surface area contributed by atoms with Gasteiger partial charge in [0.25, 0.3) is 5.56 Å². The Morgan fingerprint density at radius 1 is 1.00 bits per heavy atom. The zero-order chi connectivity index (χ0) is 26.9. The molecule has 2 atom stereocenters. The number of methoxy groups -OCH3 is 1. The maximum Gasteiger partial charge on any atom is 0.258 e. The van der Waals surface area contributed by atoms with Gasteiger partial charge in [-0.15, -0.1) is 0 Å². The first-order valence-electron chi connectivity index (χ1n) is 14.2. The summed E-state index contributed by atoms with van der Waals surface area (Å²) in [4.78, 5) is 28.8. The van der Waals surface area contributed by atoms with Crippen LogP contribution in [0.25, 0.3) is 0 Å². The summed E-state index contributed by atoms with van der Waals surface area (Å²) in [6, 6.07) is 17.3. The molecule has 1 aliphatic heterocycles. The number of pyridine rings is 1. The summed E-state index contributed by atoms with van der Waals surface area (Å²) in [5.74, 6) is 3.04. The van der Waals surface area contributed by atoms with Crippen LogP contribution in [-0.4, -0.2) is 23.6 Å². The monoisotopic (exact) mass is 543 g/mol. The van der Waals surface area contributed by atoms with Crippen LogP contribution in [0.4, 0.5) is 0 Å².